The van der Waals surface area contributed by atoms with E-state index in [0.29, 0.717) is 11.2 Å². The molecule has 1 saturated carbocycles. The van der Waals surface area contributed by atoms with Crippen LogP contribution in [0.1, 0.15) is 38.1 Å². The van der Waals surface area contributed by atoms with Gasteiger partial charge in [-0.3, -0.25) is 4.57 Å². The standard InChI is InChI=1S/C13H17N3O4S/c1-21(18,19)20-11-8-7-10-12(15-11)16(13(17)14-10)9-5-3-2-4-6-9/h7-9H,2-6H2,1H3,(H,14,17). The zero-order valence-corrected chi connectivity index (χ0v) is 12.5. The highest BCUT2D eigenvalue weighted by Gasteiger charge is 2.21. The van der Waals surface area contributed by atoms with E-state index in [4.69, 9.17) is 4.18 Å². The van der Waals surface area contributed by atoms with Crippen molar-refractivity contribution in [3.8, 4) is 5.88 Å². The van der Waals surface area contributed by atoms with Crippen LogP contribution in [0.15, 0.2) is 16.9 Å². The summed E-state index contributed by atoms with van der Waals surface area (Å²) in [4.78, 5) is 19.1. The molecule has 1 N–H and O–H groups in total. The highest BCUT2D eigenvalue weighted by atomic mass is 32.2. The molecule has 0 aromatic carbocycles. The molecule has 0 spiro atoms. The average Bonchev–Trinajstić information content (AvgIpc) is 2.73. The van der Waals surface area contributed by atoms with Crippen LogP contribution in [-0.2, 0) is 10.1 Å². The number of aromatic nitrogens is 3. The third-order valence-electron chi connectivity index (χ3n) is 3.71. The first kappa shape index (κ1) is 14.1. The van der Waals surface area contributed by atoms with Gasteiger partial charge in [-0.05, 0) is 18.9 Å². The fourth-order valence-electron chi connectivity index (χ4n) is 2.86. The van der Waals surface area contributed by atoms with E-state index in [-0.39, 0.29) is 17.6 Å². The van der Waals surface area contributed by atoms with Gasteiger partial charge in [0, 0.05) is 12.1 Å². The second-order valence-corrected chi connectivity index (χ2v) is 6.98. The largest absolute Gasteiger partial charge is 0.362 e. The number of H-pyrrole nitrogens is 1. The van der Waals surface area contributed by atoms with Crippen molar-refractivity contribution in [2.24, 2.45) is 0 Å². The lowest BCUT2D eigenvalue weighted by Gasteiger charge is -2.22. The van der Waals surface area contributed by atoms with Gasteiger partial charge in [-0.25, -0.2) is 4.79 Å². The van der Waals surface area contributed by atoms with Crippen molar-refractivity contribution in [1.29, 1.82) is 0 Å². The van der Waals surface area contributed by atoms with E-state index in [2.05, 4.69) is 9.97 Å². The van der Waals surface area contributed by atoms with Crippen LogP contribution in [0, 0.1) is 0 Å². The van der Waals surface area contributed by atoms with E-state index in [0.717, 1.165) is 31.9 Å². The first-order valence-corrected chi connectivity index (χ1v) is 8.76. The molecule has 0 atom stereocenters. The summed E-state index contributed by atoms with van der Waals surface area (Å²) in [5, 5.41) is 0. The van der Waals surface area contributed by atoms with E-state index in [1.54, 1.807) is 10.6 Å². The van der Waals surface area contributed by atoms with Gasteiger partial charge in [-0.15, -0.1) is 0 Å². The molecule has 0 amide bonds. The zero-order chi connectivity index (χ0) is 15.0. The lowest BCUT2D eigenvalue weighted by atomic mass is 9.95. The number of aromatic amines is 1. The summed E-state index contributed by atoms with van der Waals surface area (Å²) >= 11 is 0. The molecular formula is C13H17N3O4S. The molecule has 8 heteroatoms. The Morgan fingerprint density at radius 3 is 2.67 bits per heavy atom. The summed E-state index contributed by atoms with van der Waals surface area (Å²) < 4.78 is 28.8. The van der Waals surface area contributed by atoms with E-state index in [1.165, 1.54) is 12.5 Å². The normalized spacial score (nSPS) is 17.2. The maximum atomic E-state index is 12.1. The number of nitrogens with zero attached hydrogens (tertiary/aromatic N) is 2. The van der Waals surface area contributed by atoms with Gasteiger partial charge in [-0.1, -0.05) is 19.3 Å². The molecule has 3 rings (SSSR count). The minimum atomic E-state index is -3.64. The minimum absolute atomic E-state index is 0.0199. The summed E-state index contributed by atoms with van der Waals surface area (Å²) in [6.07, 6.45) is 6.19. The second kappa shape index (κ2) is 5.18. The van der Waals surface area contributed by atoms with Gasteiger partial charge in [0.1, 0.15) is 0 Å². The van der Waals surface area contributed by atoms with Crippen LogP contribution < -0.4 is 9.87 Å². The number of hydrogen-bond acceptors (Lipinski definition) is 5. The molecule has 2 aromatic heterocycles. The van der Waals surface area contributed by atoms with Crippen LogP contribution in [-0.4, -0.2) is 29.2 Å². The minimum Gasteiger partial charge on any atom is -0.362 e. The Kier molecular flexibility index (Phi) is 3.48. The van der Waals surface area contributed by atoms with Crippen molar-refractivity contribution in [2.75, 3.05) is 6.26 Å². The molecule has 0 unspecified atom stereocenters. The third-order valence-corrected chi connectivity index (χ3v) is 4.19. The van der Waals surface area contributed by atoms with Crippen LogP contribution in [0.5, 0.6) is 5.88 Å². The fourth-order valence-corrected chi connectivity index (χ4v) is 3.27. The van der Waals surface area contributed by atoms with Crippen LogP contribution in [0.25, 0.3) is 11.2 Å². The molecule has 0 bridgehead atoms. The number of pyridine rings is 1. The van der Waals surface area contributed by atoms with Crippen molar-refractivity contribution in [3.05, 3.63) is 22.6 Å². The lowest BCUT2D eigenvalue weighted by Crippen LogP contribution is -2.24. The van der Waals surface area contributed by atoms with Gasteiger partial charge in [0.25, 0.3) is 0 Å². The van der Waals surface area contributed by atoms with Crippen LogP contribution in [0.2, 0.25) is 0 Å². The number of imidazole rings is 1. The molecule has 2 aromatic rings. The summed E-state index contributed by atoms with van der Waals surface area (Å²) in [5.74, 6) is -0.0199. The third kappa shape index (κ3) is 2.94. The smallest absolute Gasteiger partial charge is 0.327 e. The first-order valence-electron chi connectivity index (χ1n) is 6.95. The fraction of sp³-hybridized carbons (Fsp3) is 0.538. The topological polar surface area (TPSA) is 94.0 Å². The maximum Gasteiger partial charge on any atom is 0.327 e. The highest BCUT2D eigenvalue weighted by Crippen LogP contribution is 2.29. The summed E-state index contributed by atoms with van der Waals surface area (Å²) in [6.45, 7) is 0. The van der Waals surface area contributed by atoms with Gasteiger partial charge in [-0.2, -0.15) is 13.4 Å². The SMILES string of the molecule is CS(=O)(=O)Oc1ccc2[nH]c(=O)n(C3CCCCC3)c2n1. The molecule has 114 valence electrons. The zero-order valence-electron chi connectivity index (χ0n) is 11.7. The first-order chi connectivity index (χ1) is 9.94. The molecule has 21 heavy (non-hydrogen) atoms. The Labute approximate surface area is 122 Å². The molecule has 0 radical (unpaired) electrons. The molecule has 1 aliphatic rings. The maximum absolute atomic E-state index is 12.1. The van der Waals surface area contributed by atoms with E-state index in [9.17, 15) is 13.2 Å². The second-order valence-electron chi connectivity index (χ2n) is 5.40. The van der Waals surface area contributed by atoms with E-state index in [1.807, 2.05) is 0 Å². The molecule has 7 nitrogen and oxygen atoms in total. The summed E-state index contributed by atoms with van der Waals surface area (Å²) in [6, 6.07) is 3.16. The predicted octanol–water partition coefficient (Wildman–Crippen LogP) is 1.57. The molecule has 0 saturated heterocycles. The van der Waals surface area contributed by atoms with Gasteiger partial charge >= 0.3 is 15.8 Å². The van der Waals surface area contributed by atoms with Crippen molar-refractivity contribution in [1.82, 2.24) is 14.5 Å². The highest BCUT2D eigenvalue weighted by molar-refractivity contribution is 7.86. The number of nitrogens with one attached hydrogen (secondary N) is 1. The Hall–Kier alpha value is -1.83. The molecule has 1 fully saturated rings. The molecule has 1 aliphatic carbocycles. The number of fused-ring (bicyclic) bond motifs is 1. The number of rotatable bonds is 3. The Balaban J connectivity index is 2.08. The van der Waals surface area contributed by atoms with Crippen molar-refractivity contribution in [3.63, 3.8) is 0 Å². The Morgan fingerprint density at radius 1 is 1.29 bits per heavy atom. The van der Waals surface area contributed by atoms with Crippen LogP contribution >= 0.6 is 0 Å². The molecule has 2 heterocycles. The van der Waals surface area contributed by atoms with Gasteiger partial charge < -0.3 is 9.17 Å². The molecule has 0 aliphatic heterocycles. The van der Waals surface area contributed by atoms with Crippen LogP contribution in [0.4, 0.5) is 0 Å². The number of hydrogen-bond donors (Lipinski definition) is 1. The Morgan fingerprint density at radius 2 is 2.00 bits per heavy atom. The summed E-state index contributed by atoms with van der Waals surface area (Å²) in [7, 11) is -3.64. The lowest BCUT2D eigenvalue weighted by molar-refractivity contribution is 0.352. The van der Waals surface area contributed by atoms with Gasteiger partial charge in [0.15, 0.2) is 5.65 Å². The predicted molar refractivity (Wildman–Crippen MR) is 77.9 cm³/mol. The van der Waals surface area contributed by atoms with Gasteiger partial charge in [0.2, 0.25) is 5.88 Å². The van der Waals surface area contributed by atoms with Gasteiger partial charge in [0.05, 0.1) is 11.8 Å². The van der Waals surface area contributed by atoms with E-state index < -0.39 is 10.1 Å². The van der Waals surface area contributed by atoms with Crippen molar-refractivity contribution < 1.29 is 12.6 Å². The van der Waals surface area contributed by atoms with Crippen LogP contribution in [0.3, 0.4) is 0 Å². The van der Waals surface area contributed by atoms with Crippen molar-refractivity contribution >= 4 is 21.3 Å². The Bertz CT molecular complexity index is 816. The average molecular weight is 311 g/mol. The van der Waals surface area contributed by atoms with E-state index >= 15 is 0 Å². The van der Waals surface area contributed by atoms with Crippen molar-refractivity contribution in [2.45, 2.75) is 38.1 Å². The monoisotopic (exact) mass is 311 g/mol. The summed E-state index contributed by atoms with van der Waals surface area (Å²) in [5.41, 5.74) is 0.834. The quantitative estimate of drug-likeness (QED) is 0.868. The molecular weight excluding hydrogens is 294 g/mol.